The highest BCUT2D eigenvalue weighted by Gasteiger charge is 2.38. The Morgan fingerprint density at radius 1 is 0.433 bits per heavy atom. The number of nitrogens with zero attached hydrogens (tertiary/aromatic N) is 2. The maximum absolute atomic E-state index is 6.83. The Balaban J connectivity index is 1.15. The van der Waals surface area contributed by atoms with E-state index in [4.69, 9.17) is 4.42 Å². The van der Waals surface area contributed by atoms with Gasteiger partial charge >= 0.3 is 0 Å². The summed E-state index contributed by atoms with van der Waals surface area (Å²) in [6, 6.07) is 74.9. The Morgan fingerprint density at radius 3 is 1.92 bits per heavy atom. The van der Waals surface area contributed by atoms with Crippen molar-refractivity contribution in [2.24, 2.45) is 0 Å². The second-order valence-corrected chi connectivity index (χ2v) is 16.5. The van der Waals surface area contributed by atoms with E-state index in [0.717, 1.165) is 55.8 Å². The molecular formula is C57H40N2O. The van der Waals surface area contributed by atoms with Gasteiger partial charge in [-0.2, -0.15) is 0 Å². The van der Waals surface area contributed by atoms with Crippen LogP contribution < -0.4 is 4.90 Å². The van der Waals surface area contributed by atoms with Crippen LogP contribution in [-0.2, 0) is 5.41 Å². The van der Waals surface area contributed by atoms with Crippen molar-refractivity contribution in [3.05, 3.63) is 217 Å². The first-order valence-corrected chi connectivity index (χ1v) is 20.8. The number of anilines is 3. The fourth-order valence-electron chi connectivity index (χ4n) is 9.94. The largest absolute Gasteiger partial charge is 0.456 e. The van der Waals surface area contributed by atoms with Crippen LogP contribution in [0.1, 0.15) is 25.0 Å². The van der Waals surface area contributed by atoms with Crippen LogP contribution in [0.3, 0.4) is 0 Å². The van der Waals surface area contributed by atoms with Crippen LogP contribution in [0.15, 0.2) is 211 Å². The molecule has 0 aliphatic heterocycles. The lowest BCUT2D eigenvalue weighted by molar-refractivity contribution is 0.660. The Hall–Kier alpha value is -7.62. The summed E-state index contributed by atoms with van der Waals surface area (Å²) in [6.07, 6.45) is 0. The molecule has 0 saturated carbocycles. The van der Waals surface area contributed by atoms with Crippen LogP contribution in [0.4, 0.5) is 17.1 Å². The van der Waals surface area contributed by atoms with E-state index in [1.54, 1.807) is 0 Å². The molecule has 60 heavy (non-hydrogen) atoms. The molecule has 0 fully saturated rings. The average Bonchev–Trinajstić information content (AvgIpc) is 3.93. The minimum absolute atomic E-state index is 0.156. The second kappa shape index (κ2) is 13.2. The predicted molar refractivity (Wildman–Crippen MR) is 251 cm³/mol. The first-order chi connectivity index (χ1) is 29.5. The SMILES string of the molecule is CC1(C)c2ccccc2-c2c(N(c3ccc(-c4ccccc4)cc3)c3cc(-c4ccc5c6ccccc6n(-c6ccccc6)c5c4)cc4oc5ccccc5c34)cccc21. The normalized spacial score (nSPS) is 13.0. The van der Waals surface area contributed by atoms with E-state index in [2.05, 4.69) is 230 Å². The van der Waals surface area contributed by atoms with E-state index in [1.807, 2.05) is 0 Å². The molecule has 3 nitrogen and oxygen atoms in total. The zero-order chi connectivity index (χ0) is 40.0. The fourth-order valence-corrected chi connectivity index (χ4v) is 9.94. The van der Waals surface area contributed by atoms with Crippen molar-refractivity contribution in [3.63, 3.8) is 0 Å². The zero-order valence-corrected chi connectivity index (χ0v) is 33.4. The Kier molecular flexibility index (Phi) is 7.58. The van der Waals surface area contributed by atoms with Crippen LogP contribution in [-0.4, -0.2) is 4.57 Å². The number of fused-ring (bicyclic) bond motifs is 9. The van der Waals surface area contributed by atoms with Gasteiger partial charge in [0.05, 0.1) is 27.8 Å². The summed E-state index contributed by atoms with van der Waals surface area (Å²) >= 11 is 0. The molecule has 2 heterocycles. The maximum Gasteiger partial charge on any atom is 0.138 e. The molecule has 2 aromatic heterocycles. The molecule has 3 heteroatoms. The maximum atomic E-state index is 6.83. The third kappa shape index (κ3) is 5.15. The van der Waals surface area contributed by atoms with Crippen molar-refractivity contribution >= 4 is 60.8 Å². The summed E-state index contributed by atoms with van der Waals surface area (Å²) in [7, 11) is 0. The van der Waals surface area contributed by atoms with Crippen LogP contribution in [0.5, 0.6) is 0 Å². The molecule has 1 aliphatic carbocycles. The number of aromatic nitrogens is 1. The predicted octanol–water partition coefficient (Wildman–Crippen LogP) is 15.8. The van der Waals surface area contributed by atoms with Gasteiger partial charge in [0, 0.05) is 38.5 Å². The first kappa shape index (κ1) is 34.4. The van der Waals surface area contributed by atoms with Gasteiger partial charge in [0.15, 0.2) is 0 Å². The lowest BCUT2D eigenvalue weighted by Gasteiger charge is -2.30. The minimum atomic E-state index is -0.156. The molecule has 1 aliphatic rings. The molecule has 0 radical (unpaired) electrons. The molecule has 0 N–H and O–H groups in total. The summed E-state index contributed by atoms with van der Waals surface area (Å²) in [6.45, 7) is 4.71. The highest BCUT2D eigenvalue weighted by atomic mass is 16.3. The van der Waals surface area contributed by atoms with Gasteiger partial charge in [0.2, 0.25) is 0 Å². The van der Waals surface area contributed by atoms with Crippen molar-refractivity contribution in [2.75, 3.05) is 4.90 Å². The third-order valence-electron chi connectivity index (χ3n) is 12.8. The quantitative estimate of drug-likeness (QED) is 0.168. The molecule has 0 spiro atoms. The topological polar surface area (TPSA) is 21.3 Å². The summed E-state index contributed by atoms with van der Waals surface area (Å²) < 4.78 is 9.22. The van der Waals surface area contributed by atoms with Gasteiger partial charge in [-0.25, -0.2) is 0 Å². The first-order valence-electron chi connectivity index (χ1n) is 20.8. The van der Waals surface area contributed by atoms with E-state index in [1.165, 1.54) is 55.2 Å². The molecule has 9 aromatic carbocycles. The van der Waals surface area contributed by atoms with Crippen LogP contribution >= 0.6 is 0 Å². The summed E-state index contributed by atoms with van der Waals surface area (Å²) in [4.78, 5) is 2.49. The molecule has 0 saturated heterocycles. The standard InChI is InChI=1S/C57H40N2O/c1-57(2)47-23-12-9-21-45(47)55-48(57)24-15-26-50(55)59(42-31-28-38(29-32-42)37-16-5-3-6-17-37)52-35-40(36-54-56(52)46-22-11-14-27-53(46)60-54)39-30-33-44-43-20-10-13-25-49(43)58(51(44)34-39)41-18-7-4-8-19-41/h3-36H,1-2H3. The number of rotatable bonds is 6. The molecule has 0 amide bonds. The number of benzene rings is 9. The van der Waals surface area contributed by atoms with Gasteiger partial charge < -0.3 is 13.9 Å². The Morgan fingerprint density at radius 2 is 1.08 bits per heavy atom. The van der Waals surface area contributed by atoms with Gasteiger partial charge in [0.1, 0.15) is 11.2 Å². The van der Waals surface area contributed by atoms with E-state index in [9.17, 15) is 0 Å². The van der Waals surface area contributed by atoms with E-state index in [-0.39, 0.29) is 5.41 Å². The van der Waals surface area contributed by atoms with Gasteiger partial charge in [-0.3, -0.25) is 0 Å². The van der Waals surface area contributed by atoms with Gasteiger partial charge in [-0.15, -0.1) is 0 Å². The highest BCUT2D eigenvalue weighted by Crippen LogP contribution is 2.55. The van der Waals surface area contributed by atoms with Crippen molar-refractivity contribution in [2.45, 2.75) is 19.3 Å². The Labute approximate surface area is 349 Å². The smallest absolute Gasteiger partial charge is 0.138 e. The molecular weight excluding hydrogens is 729 g/mol. The van der Waals surface area contributed by atoms with Gasteiger partial charge in [0.25, 0.3) is 0 Å². The minimum Gasteiger partial charge on any atom is -0.456 e. The molecule has 0 unspecified atom stereocenters. The fraction of sp³-hybridized carbons (Fsp3) is 0.0526. The molecule has 12 rings (SSSR count). The van der Waals surface area contributed by atoms with Crippen molar-refractivity contribution in [1.82, 2.24) is 4.57 Å². The van der Waals surface area contributed by atoms with Gasteiger partial charge in [-0.1, -0.05) is 159 Å². The summed E-state index contributed by atoms with van der Waals surface area (Å²) in [5.41, 5.74) is 18.2. The van der Waals surface area contributed by atoms with Crippen LogP contribution in [0, 0.1) is 0 Å². The van der Waals surface area contributed by atoms with E-state index < -0.39 is 0 Å². The van der Waals surface area contributed by atoms with Crippen LogP contribution in [0.25, 0.3) is 82.8 Å². The molecule has 0 bridgehead atoms. The number of para-hydroxylation sites is 3. The number of furan rings is 1. The second-order valence-electron chi connectivity index (χ2n) is 16.5. The molecule has 284 valence electrons. The lowest BCUT2D eigenvalue weighted by Crippen LogP contribution is -2.16. The van der Waals surface area contributed by atoms with Crippen LogP contribution in [0.2, 0.25) is 0 Å². The van der Waals surface area contributed by atoms with E-state index >= 15 is 0 Å². The molecule has 0 atom stereocenters. The average molecular weight is 769 g/mol. The van der Waals surface area contributed by atoms with Crippen molar-refractivity contribution < 1.29 is 4.42 Å². The highest BCUT2D eigenvalue weighted by molar-refractivity contribution is 6.16. The monoisotopic (exact) mass is 768 g/mol. The summed E-state index contributed by atoms with van der Waals surface area (Å²) in [5.74, 6) is 0. The van der Waals surface area contributed by atoms with E-state index in [0.29, 0.717) is 0 Å². The Bertz CT molecular complexity index is 3450. The third-order valence-corrected chi connectivity index (χ3v) is 12.8. The zero-order valence-electron chi connectivity index (χ0n) is 33.4. The number of hydrogen-bond donors (Lipinski definition) is 0. The van der Waals surface area contributed by atoms with Crippen molar-refractivity contribution in [1.29, 1.82) is 0 Å². The molecule has 11 aromatic rings. The lowest BCUT2D eigenvalue weighted by atomic mass is 9.82. The summed E-state index contributed by atoms with van der Waals surface area (Å²) in [5, 5.41) is 4.64. The van der Waals surface area contributed by atoms with Crippen molar-refractivity contribution in [3.8, 4) is 39.1 Å². The van der Waals surface area contributed by atoms with Gasteiger partial charge in [-0.05, 0) is 99.6 Å². The number of hydrogen-bond acceptors (Lipinski definition) is 2.